The Balaban J connectivity index is 0.00000341. The molecule has 0 spiro atoms. The molecule has 0 bridgehead atoms. The number of aliphatic hydroxyl groups excluding tert-OH is 1. The van der Waals surface area contributed by atoms with E-state index in [9.17, 15) is 26.7 Å². The van der Waals surface area contributed by atoms with Crippen molar-refractivity contribution in [1.82, 2.24) is 9.38 Å². The van der Waals surface area contributed by atoms with Crippen LogP contribution in [0, 0.1) is 18.6 Å². The van der Waals surface area contributed by atoms with Crippen LogP contribution in [0.2, 0.25) is 0 Å². The lowest BCUT2D eigenvalue weighted by molar-refractivity contribution is -0.204. The molecule has 5 nitrogen and oxygen atoms in total. The van der Waals surface area contributed by atoms with Crippen LogP contribution in [0.15, 0.2) is 36.5 Å². The topological polar surface area (TPSA) is 63.8 Å². The molecule has 168 valence electrons. The quantitative estimate of drug-likeness (QED) is 0.411. The molecule has 1 N–H and O–H groups in total. The van der Waals surface area contributed by atoms with Crippen molar-refractivity contribution in [3.8, 4) is 5.75 Å². The fraction of sp³-hybridized carbons (Fsp3) is 0.333. The molecule has 31 heavy (non-hydrogen) atoms. The van der Waals surface area contributed by atoms with Gasteiger partial charge in [-0.1, -0.05) is 13.5 Å². The van der Waals surface area contributed by atoms with Gasteiger partial charge in [0.2, 0.25) is 0 Å². The number of aliphatic hydroxyl groups is 1. The van der Waals surface area contributed by atoms with Crippen molar-refractivity contribution in [2.75, 3.05) is 0 Å². The zero-order valence-corrected chi connectivity index (χ0v) is 15.7. The van der Waals surface area contributed by atoms with Crippen LogP contribution in [0.1, 0.15) is 42.0 Å². The highest BCUT2D eigenvalue weighted by Crippen LogP contribution is 2.27. The van der Waals surface area contributed by atoms with Gasteiger partial charge < -0.3 is 9.84 Å². The van der Waals surface area contributed by atoms with Gasteiger partial charge in [0.1, 0.15) is 30.0 Å². The zero-order valence-electron chi connectivity index (χ0n) is 15.7. The maximum atomic E-state index is 13.8. The van der Waals surface area contributed by atoms with Gasteiger partial charge in [0.25, 0.3) is 0 Å². The summed E-state index contributed by atoms with van der Waals surface area (Å²) in [7, 11) is 0. The number of carbonyl (C=O) groups is 1. The number of hydrogen-bond donors (Lipinski definition) is 1. The lowest BCUT2D eigenvalue weighted by Crippen LogP contribution is -2.29. The van der Waals surface area contributed by atoms with Crippen LogP contribution < -0.4 is 4.74 Å². The summed E-state index contributed by atoms with van der Waals surface area (Å²) in [6.07, 6.45) is -7.26. The van der Waals surface area contributed by atoms with E-state index >= 15 is 0 Å². The minimum atomic E-state index is -4.81. The summed E-state index contributed by atoms with van der Waals surface area (Å²) < 4.78 is 71.8. The van der Waals surface area contributed by atoms with Gasteiger partial charge >= 0.3 is 6.18 Å². The number of aryl methyl sites for hydroxylation is 1. The lowest BCUT2D eigenvalue weighted by Gasteiger charge is -2.13. The second-order valence-electron chi connectivity index (χ2n) is 6.62. The van der Waals surface area contributed by atoms with E-state index in [0.29, 0.717) is 0 Å². The number of halogens is 5. The Morgan fingerprint density at radius 2 is 1.84 bits per heavy atom. The number of Topliss-reactive ketones (excluding diaryl/α,β-unsaturated/α-hetero) is 1. The molecule has 0 saturated heterocycles. The van der Waals surface area contributed by atoms with E-state index in [1.165, 1.54) is 35.7 Å². The normalized spacial score (nSPS) is 12.5. The summed E-state index contributed by atoms with van der Waals surface area (Å²) in [4.78, 5) is 16.7. The van der Waals surface area contributed by atoms with E-state index in [1.807, 2.05) is 0 Å². The molecule has 2 heterocycles. The second kappa shape index (κ2) is 9.42. The molecule has 0 amide bonds. The van der Waals surface area contributed by atoms with Crippen molar-refractivity contribution in [2.45, 2.75) is 46.1 Å². The largest absolute Gasteiger partial charge is 0.485 e. The Labute approximate surface area is 175 Å². The predicted octanol–water partition coefficient (Wildman–Crippen LogP) is 5.02. The summed E-state index contributed by atoms with van der Waals surface area (Å²) in [5, 5.41) is 9.10. The van der Waals surface area contributed by atoms with Gasteiger partial charge in [-0.15, -0.1) is 0 Å². The minimum Gasteiger partial charge on any atom is -0.485 e. The number of alkyl halides is 3. The summed E-state index contributed by atoms with van der Waals surface area (Å²) in [6, 6.07) is 6.40. The number of rotatable bonds is 7. The first-order valence-corrected chi connectivity index (χ1v) is 8.91. The number of benzene rings is 1. The van der Waals surface area contributed by atoms with Crippen molar-refractivity contribution in [3.63, 3.8) is 0 Å². The van der Waals surface area contributed by atoms with Gasteiger partial charge in [-0.3, -0.25) is 9.20 Å². The highest BCUT2D eigenvalue weighted by Gasteiger charge is 2.38. The van der Waals surface area contributed by atoms with Crippen LogP contribution in [-0.2, 0) is 6.61 Å². The molecule has 3 rings (SSSR count). The number of ether oxygens (including phenoxy) is 1. The Kier molecular flexibility index (Phi) is 7.37. The number of fused-ring (bicyclic) bond motifs is 1. The van der Waals surface area contributed by atoms with E-state index in [4.69, 9.17) is 9.84 Å². The summed E-state index contributed by atoms with van der Waals surface area (Å²) >= 11 is 0. The molecule has 1 unspecified atom stereocenters. The average Bonchev–Trinajstić information content (AvgIpc) is 3.01. The predicted molar refractivity (Wildman–Crippen MR) is 103 cm³/mol. The first kappa shape index (κ1) is 24.3. The van der Waals surface area contributed by atoms with Gasteiger partial charge in [-0.05, 0) is 37.6 Å². The Morgan fingerprint density at radius 1 is 1.19 bits per heavy atom. The standard InChI is InChI=1S/C20H17F5N2O3.CH4/c1-11-18(15(28)7-8-17(29)20(23,24)25)27-9-3-6-16(19(27)26-11)30-10-12-13(21)4-2-5-14(12)22;/h2-6,9,17,29H,7-8,10H2,1H3;1H4. The summed E-state index contributed by atoms with van der Waals surface area (Å²) in [5.41, 5.74) is 0.184. The molecule has 1 atom stereocenters. The van der Waals surface area contributed by atoms with Crippen LogP contribution >= 0.6 is 0 Å². The van der Waals surface area contributed by atoms with E-state index in [-0.39, 0.29) is 35.8 Å². The average molecular weight is 444 g/mol. The molecule has 0 fully saturated rings. The minimum absolute atomic E-state index is 0. The fourth-order valence-corrected chi connectivity index (χ4v) is 2.97. The molecule has 3 aromatic rings. The molecule has 0 aliphatic heterocycles. The molecule has 0 radical (unpaired) electrons. The summed E-state index contributed by atoms with van der Waals surface area (Å²) in [6.45, 7) is 1.08. The molecular weight excluding hydrogens is 423 g/mol. The zero-order chi connectivity index (χ0) is 22.1. The van der Waals surface area contributed by atoms with Gasteiger partial charge in [-0.25, -0.2) is 13.8 Å². The Hall–Kier alpha value is -3.01. The highest BCUT2D eigenvalue weighted by atomic mass is 19.4. The number of carbonyl (C=O) groups excluding carboxylic acids is 1. The third kappa shape index (κ3) is 5.19. The smallest absolute Gasteiger partial charge is 0.414 e. The van der Waals surface area contributed by atoms with Crippen molar-refractivity contribution in [1.29, 1.82) is 0 Å². The van der Waals surface area contributed by atoms with Gasteiger partial charge in [0.05, 0.1) is 11.3 Å². The van der Waals surface area contributed by atoms with Crippen LogP contribution in [0.5, 0.6) is 5.75 Å². The maximum Gasteiger partial charge on any atom is 0.414 e. The molecule has 1 aromatic carbocycles. The number of ketones is 1. The highest BCUT2D eigenvalue weighted by molar-refractivity contribution is 5.96. The van der Waals surface area contributed by atoms with Crippen LogP contribution in [0.4, 0.5) is 22.0 Å². The van der Waals surface area contributed by atoms with E-state index in [0.717, 1.165) is 12.1 Å². The fourth-order valence-electron chi connectivity index (χ4n) is 2.97. The first-order valence-electron chi connectivity index (χ1n) is 8.91. The maximum absolute atomic E-state index is 13.8. The van der Waals surface area contributed by atoms with Crippen molar-refractivity contribution in [2.24, 2.45) is 0 Å². The number of pyridine rings is 1. The van der Waals surface area contributed by atoms with Gasteiger partial charge in [0, 0.05) is 12.6 Å². The Morgan fingerprint density at radius 3 is 2.45 bits per heavy atom. The molecule has 2 aromatic heterocycles. The van der Waals surface area contributed by atoms with Gasteiger partial charge in [0.15, 0.2) is 17.2 Å². The number of aromatic nitrogens is 2. The van der Waals surface area contributed by atoms with Crippen molar-refractivity contribution in [3.05, 3.63) is 65.1 Å². The SMILES string of the molecule is C.Cc1nc2c(OCc3c(F)cccc3F)cccn2c1C(=O)CCC(O)C(F)(F)F. The molecule has 0 saturated carbocycles. The van der Waals surface area contributed by atoms with Crippen LogP contribution in [0.3, 0.4) is 0 Å². The lowest BCUT2D eigenvalue weighted by atomic mass is 10.1. The molecule has 0 aliphatic rings. The third-order valence-corrected chi connectivity index (χ3v) is 4.51. The second-order valence-corrected chi connectivity index (χ2v) is 6.62. The molecular formula is C21H21F5N2O3. The molecule has 0 aliphatic carbocycles. The Bertz CT molecular complexity index is 1060. The molecule has 10 heteroatoms. The van der Waals surface area contributed by atoms with Crippen molar-refractivity contribution >= 4 is 11.4 Å². The number of imidazole rings is 1. The monoisotopic (exact) mass is 444 g/mol. The first-order chi connectivity index (χ1) is 14.1. The number of hydrogen-bond acceptors (Lipinski definition) is 4. The van der Waals surface area contributed by atoms with Crippen LogP contribution in [-0.4, -0.2) is 32.6 Å². The van der Waals surface area contributed by atoms with Crippen molar-refractivity contribution < 1.29 is 36.6 Å². The number of nitrogens with zero attached hydrogens (tertiary/aromatic N) is 2. The van der Waals surface area contributed by atoms with Crippen LogP contribution in [0.25, 0.3) is 5.65 Å². The van der Waals surface area contributed by atoms with E-state index in [2.05, 4.69) is 4.98 Å². The van der Waals surface area contributed by atoms with E-state index < -0.39 is 49.1 Å². The van der Waals surface area contributed by atoms with Gasteiger partial charge in [-0.2, -0.15) is 13.2 Å². The van der Waals surface area contributed by atoms with E-state index in [1.54, 1.807) is 0 Å². The summed E-state index contributed by atoms with van der Waals surface area (Å²) in [5.74, 6) is -2.06. The third-order valence-electron chi connectivity index (χ3n) is 4.51.